The van der Waals surface area contributed by atoms with Crippen molar-refractivity contribution >= 4 is 23.2 Å². The van der Waals surface area contributed by atoms with E-state index < -0.39 is 0 Å². The molecule has 1 aromatic carbocycles. The SMILES string of the molecule is CC(C)(C)OCC(=O)Nc1ccc2c(c1)CCC(=O)N2. The Hall–Kier alpha value is -1.88. The quantitative estimate of drug-likeness (QED) is 0.890. The number of benzene rings is 1. The van der Waals surface area contributed by atoms with Gasteiger partial charge in [0.05, 0.1) is 5.60 Å². The molecule has 0 spiro atoms. The van der Waals surface area contributed by atoms with E-state index in [-0.39, 0.29) is 24.0 Å². The number of nitrogens with one attached hydrogen (secondary N) is 2. The highest BCUT2D eigenvalue weighted by molar-refractivity contribution is 5.95. The number of fused-ring (bicyclic) bond motifs is 1. The Balaban J connectivity index is 1.97. The summed E-state index contributed by atoms with van der Waals surface area (Å²) in [5, 5.41) is 5.61. The highest BCUT2D eigenvalue weighted by Gasteiger charge is 2.16. The van der Waals surface area contributed by atoms with Crippen LogP contribution in [0.5, 0.6) is 0 Å². The first-order valence-corrected chi connectivity index (χ1v) is 6.70. The van der Waals surface area contributed by atoms with Gasteiger partial charge < -0.3 is 15.4 Å². The van der Waals surface area contributed by atoms with Gasteiger partial charge in [0.1, 0.15) is 6.61 Å². The minimum Gasteiger partial charge on any atom is -0.366 e. The van der Waals surface area contributed by atoms with Gasteiger partial charge in [-0.2, -0.15) is 0 Å². The van der Waals surface area contributed by atoms with Crippen LogP contribution in [0.25, 0.3) is 0 Å². The molecule has 1 aromatic rings. The smallest absolute Gasteiger partial charge is 0.250 e. The molecule has 20 heavy (non-hydrogen) atoms. The Morgan fingerprint density at radius 2 is 2.10 bits per heavy atom. The Morgan fingerprint density at radius 1 is 1.35 bits per heavy atom. The molecule has 5 nitrogen and oxygen atoms in total. The fourth-order valence-electron chi connectivity index (χ4n) is 1.94. The summed E-state index contributed by atoms with van der Waals surface area (Å²) in [7, 11) is 0. The van der Waals surface area contributed by atoms with Gasteiger partial charge in [-0.3, -0.25) is 9.59 Å². The van der Waals surface area contributed by atoms with Gasteiger partial charge in [-0.1, -0.05) is 0 Å². The lowest BCUT2D eigenvalue weighted by Gasteiger charge is -2.20. The van der Waals surface area contributed by atoms with Gasteiger partial charge >= 0.3 is 0 Å². The van der Waals surface area contributed by atoms with E-state index in [1.54, 1.807) is 6.07 Å². The van der Waals surface area contributed by atoms with Crippen LogP contribution in [0.15, 0.2) is 18.2 Å². The summed E-state index contributed by atoms with van der Waals surface area (Å²) in [6.45, 7) is 5.74. The van der Waals surface area contributed by atoms with Gasteiger partial charge in [0, 0.05) is 17.8 Å². The average molecular weight is 276 g/mol. The van der Waals surface area contributed by atoms with Crippen LogP contribution in [0.2, 0.25) is 0 Å². The van der Waals surface area contributed by atoms with Crippen molar-refractivity contribution in [3.05, 3.63) is 23.8 Å². The number of hydrogen-bond acceptors (Lipinski definition) is 3. The molecule has 0 aliphatic carbocycles. The molecule has 1 aliphatic heterocycles. The molecule has 2 rings (SSSR count). The molecule has 0 saturated carbocycles. The first-order valence-electron chi connectivity index (χ1n) is 6.70. The molecule has 0 bridgehead atoms. The minimum atomic E-state index is -0.336. The van der Waals surface area contributed by atoms with E-state index in [0.717, 1.165) is 16.9 Å². The van der Waals surface area contributed by atoms with E-state index in [1.165, 1.54) is 0 Å². The van der Waals surface area contributed by atoms with Crippen molar-refractivity contribution in [3.63, 3.8) is 0 Å². The number of carbonyl (C=O) groups is 2. The third kappa shape index (κ3) is 4.06. The van der Waals surface area contributed by atoms with Crippen LogP contribution in [0.1, 0.15) is 32.8 Å². The van der Waals surface area contributed by atoms with Crippen molar-refractivity contribution in [2.75, 3.05) is 17.2 Å². The molecule has 0 radical (unpaired) electrons. The fraction of sp³-hybridized carbons (Fsp3) is 0.467. The predicted octanol–water partition coefficient (Wildman–Crippen LogP) is 2.32. The predicted molar refractivity (Wildman–Crippen MR) is 77.7 cm³/mol. The molecule has 1 heterocycles. The minimum absolute atomic E-state index is 0.0251. The van der Waals surface area contributed by atoms with Crippen LogP contribution in [0, 0.1) is 0 Å². The standard InChI is InChI=1S/C15H20N2O3/c1-15(2,3)20-9-14(19)16-11-5-6-12-10(8-11)4-7-13(18)17-12/h5-6,8H,4,7,9H2,1-3H3,(H,16,19)(H,17,18). The summed E-state index contributed by atoms with van der Waals surface area (Å²) in [6, 6.07) is 5.48. The van der Waals surface area contributed by atoms with Crippen molar-refractivity contribution in [1.29, 1.82) is 0 Å². The van der Waals surface area contributed by atoms with Crippen LogP contribution in [0.3, 0.4) is 0 Å². The zero-order valence-electron chi connectivity index (χ0n) is 12.1. The van der Waals surface area contributed by atoms with E-state index in [4.69, 9.17) is 4.74 Å². The Bertz CT molecular complexity index is 532. The average Bonchev–Trinajstić information content (AvgIpc) is 2.36. The number of amides is 2. The topological polar surface area (TPSA) is 67.4 Å². The summed E-state index contributed by atoms with van der Waals surface area (Å²) >= 11 is 0. The van der Waals surface area contributed by atoms with Gasteiger partial charge in [-0.15, -0.1) is 0 Å². The summed E-state index contributed by atoms with van der Waals surface area (Å²) in [6.07, 6.45) is 1.18. The summed E-state index contributed by atoms with van der Waals surface area (Å²) in [4.78, 5) is 23.0. The lowest BCUT2D eigenvalue weighted by molar-refractivity contribution is -0.125. The number of anilines is 2. The van der Waals surface area contributed by atoms with E-state index in [9.17, 15) is 9.59 Å². The van der Waals surface area contributed by atoms with Crippen LogP contribution in [-0.4, -0.2) is 24.0 Å². The molecule has 0 fully saturated rings. The van der Waals surface area contributed by atoms with Gasteiger partial charge in [-0.05, 0) is 51.0 Å². The Labute approximate surface area is 118 Å². The maximum atomic E-state index is 11.8. The third-order valence-corrected chi connectivity index (χ3v) is 2.92. The number of hydrogen-bond donors (Lipinski definition) is 2. The normalized spacial score (nSPS) is 14.4. The Morgan fingerprint density at radius 3 is 2.80 bits per heavy atom. The van der Waals surface area contributed by atoms with Crippen LogP contribution >= 0.6 is 0 Å². The second-order valence-electron chi connectivity index (χ2n) is 5.87. The second kappa shape index (κ2) is 5.63. The zero-order valence-corrected chi connectivity index (χ0v) is 12.1. The molecule has 2 amide bonds. The molecule has 108 valence electrons. The largest absolute Gasteiger partial charge is 0.366 e. The van der Waals surface area contributed by atoms with Gasteiger partial charge in [0.2, 0.25) is 11.8 Å². The zero-order chi connectivity index (χ0) is 14.8. The maximum absolute atomic E-state index is 11.8. The molecule has 2 N–H and O–H groups in total. The van der Waals surface area contributed by atoms with E-state index in [1.807, 2.05) is 32.9 Å². The first-order chi connectivity index (χ1) is 9.33. The molecule has 5 heteroatoms. The van der Waals surface area contributed by atoms with E-state index >= 15 is 0 Å². The van der Waals surface area contributed by atoms with Crippen LogP contribution < -0.4 is 10.6 Å². The van der Waals surface area contributed by atoms with Crippen molar-refractivity contribution in [2.45, 2.75) is 39.2 Å². The maximum Gasteiger partial charge on any atom is 0.250 e. The third-order valence-electron chi connectivity index (χ3n) is 2.92. The highest BCUT2D eigenvalue weighted by atomic mass is 16.5. The fourth-order valence-corrected chi connectivity index (χ4v) is 1.94. The molecular formula is C15H20N2O3. The molecule has 1 aliphatic rings. The van der Waals surface area contributed by atoms with Gasteiger partial charge in [-0.25, -0.2) is 0 Å². The summed E-state index contributed by atoms with van der Waals surface area (Å²) < 4.78 is 5.42. The molecule has 0 aromatic heterocycles. The lowest BCUT2D eigenvalue weighted by atomic mass is 10.0. The van der Waals surface area contributed by atoms with Gasteiger partial charge in [0.15, 0.2) is 0 Å². The number of aryl methyl sites for hydroxylation is 1. The summed E-state index contributed by atoms with van der Waals surface area (Å²) in [5.74, 6) is -0.146. The summed E-state index contributed by atoms with van der Waals surface area (Å²) in [5.41, 5.74) is 2.25. The highest BCUT2D eigenvalue weighted by Crippen LogP contribution is 2.25. The van der Waals surface area contributed by atoms with Crippen LogP contribution in [0.4, 0.5) is 11.4 Å². The van der Waals surface area contributed by atoms with Gasteiger partial charge in [0.25, 0.3) is 0 Å². The van der Waals surface area contributed by atoms with E-state index in [2.05, 4.69) is 10.6 Å². The number of carbonyl (C=O) groups excluding carboxylic acids is 2. The van der Waals surface area contributed by atoms with Crippen molar-refractivity contribution in [2.24, 2.45) is 0 Å². The first kappa shape index (κ1) is 14.5. The van der Waals surface area contributed by atoms with Crippen LogP contribution in [-0.2, 0) is 20.7 Å². The lowest BCUT2D eigenvalue weighted by Crippen LogP contribution is -2.27. The van der Waals surface area contributed by atoms with E-state index in [0.29, 0.717) is 12.8 Å². The van der Waals surface area contributed by atoms with Crippen molar-refractivity contribution in [1.82, 2.24) is 0 Å². The second-order valence-corrected chi connectivity index (χ2v) is 5.87. The number of ether oxygens (including phenoxy) is 1. The molecular weight excluding hydrogens is 256 g/mol. The Kier molecular flexibility index (Phi) is 4.09. The molecule has 0 unspecified atom stereocenters. The molecule has 0 atom stereocenters. The molecule has 0 saturated heterocycles. The van der Waals surface area contributed by atoms with Crippen molar-refractivity contribution in [3.8, 4) is 0 Å². The monoisotopic (exact) mass is 276 g/mol. The number of rotatable bonds is 3. The van der Waals surface area contributed by atoms with Crippen molar-refractivity contribution < 1.29 is 14.3 Å².